The molecule has 2 aromatic rings. The van der Waals surface area contributed by atoms with E-state index in [0.717, 1.165) is 8.95 Å². The molecular formula is C19H14Br2N4O3S. The lowest BCUT2D eigenvalue weighted by Crippen LogP contribution is -2.73. The number of benzene rings is 2. The summed E-state index contributed by atoms with van der Waals surface area (Å²) in [6, 6.07) is 12.0. The molecule has 2 atom stereocenters. The van der Waals surface area contributed by atoms with E-state index in [-0.39, 0.29) is 0 Å². The van der Waals surface area contributed by atoms with Crippen LogP contribution in [0.25, 0.3) is 0 Å². The third-order valence-electron chi connectivity index (χ3n) is 5.03. The Labute approximate surface area is 188 Å². The molecule has 0 bridgehead atoms. The number of carbonyl (C=O) groups excluding carboxylic acids is 3. The van der Waals surface area contributed by atoms with E-state index in [1.54, 1.807) is 24.3 Å². The fourth-order valence-electron chi connectivity index (χ4n) is 3.83. The molecule has 29 heavy (non-hydrogen) atoms. The van der Waals surface area contributed by atoms with Crippen LogP contribution in [0.1, 0.15) is 23.2 Å². The summed E-state index contributed by atoms with van der Waals surface area (Å²) < 4.78 is 1.56. The average Bonchev–Trinajstić information content (AvgIpc) is 2.66. The van der Waals surface area contributed by atoms with Crippen LogP contribution < -0.4 is 21.3 Å². The Morgan fingerprint density at radius 2 is 1.24 bits per heavy atom. The second kappa shape index (κ2) is 7.51. The van der Waals surface area contributed by atoms with Gasteiger partial charge in [0.1, 0.15) is 0 Å². The number of barbiturate groups is 1. The van der Waals surface area contributed by atoms with Gasteiger partial charge >= 0.3 is 6.03 Å². The van der Waals surface area contributed by atoms with E-state index < -0.39 is 35.3 Å². The van der Waals surface area contributed by atoms with Crippen molar-refractivity contribution in [3.8, 4) is 0 Å². The molecule has 10 heteroatoms. The Morgan fingerprint density at radius 1 is 0.793 bits per heavy atom. The molecule has 1 spiro atoms. The minimum atomic E-state index is -1.71. The highest BCUT2D eigenvalue weighted by molar-refractivity contribution is 9.10. The zero-order chi connectivity index (χ0) is 20.8. The number of thiocarbonyl (C=S) groups is 1. The van der Waals surface area contributed by atoms with Gasteiger partial charge in [-0.1, -0.05) is 56.1 Å². The van der Waals surface area contributed by atoms with E-state index in [1.807, 2.05) is 24.3 Å². The minimum Gasteiger partial charge on any atom is -0.354 e. The molecule has 2 aliphatic heterocycles. The lowest BCUT2D eigenvalue weighted by atomic mass is 9.66. The van der Waals surface area contributed by atoms with Crippen LogP contribution in [0, 0.1) is 5.41 Å². The van der Waals surface area contributed by atoms with Crippen molar-refractivity contribution in [3.63, 3.8) is 0 Å². The summed E-state index contributed by atoms with van der Waals surface area (Å²) in [6.45, 7) is 0. The van der Waals surface area contributed by atoms with Crippen molar-refractivity contribution in [2.45, 2.75) is 12.1 Å². The molecule has 4 rings (SSSR count). The third-order valence-corrected chi connectivity index (χ3v) is 6.25. The molecule has 4 N–H and O–H groups in total. The number of hydrogen-bond acceptors (Lipinski definition) is 4. The first-order valence-electron chi connectivity index (χ1n) is 8.57. The smallest absolute Gasteiger partial charge is 0.328 e. The fourth-order valence-corrected chi connectivity index (χ4v) is 4.90. The van der Waals surface area contributed by atoms with Gasteiger partial charge in [-0.15, -0.1) is 0 Å². The van der Waals surface area contributed by atoms with E-state index >= 15 is 0 Å². The SMILES string of the molecule is O=C1NC(=O)C2(C(=O)N1)[C@H](c1cccc(Br)c1)NC(=S)N[C@H]2c1cccc(Br)c1. The lowest BCUT2D eigenvalue weighted by Gasteiger charge is -2.49. The van der Waals surface area contributed by atoms with E-state index in [4.69, 9.17) is 12.2 Å². The molecule has 2 aliphatic rings. The predicted molar refractivity (Wildman–Crippen MR) is 117 cm³/mol. The Kier molecular flexibility index (Phi) is 5.18. The van der Waals surface area contributed by atoms with E-state index in [2.05, 4.69) is 53.1 Å². The summed E-state index contributed by atoms with van der Waals surface area (Å²) in [5, 5.41) is 10.9. The van der Waals surface area contributed by atoms with Crippen molar-refractivity contribution in [1.82, 2.24) is 21.3 Å². The van der Waals surface area contributed by atoms with Crippen molar-refractivity contribution in [2.24, 2.45) is 5.41 Å². The van der Waals surface area contributed by atoms with Crippen molar-refractivity contribution in [3.05, 3.63) is 68.6 Å². The van der Waals surface area contributed by atoms with Crippen LogP contribution in [0.15, 0.2) is 57.5 Å². The normalized spacial score (nSPS) is 23.1. The summed E-state index contributed by atoms with van der Waals surface area (Å²) in [5.41, 5.74) is -0.372. The zero-order valence-electron chi connectivity index (χ0n) is 14.7. The summed E-state index contributed by atoms with van der Waals surface area (Å²) in [6.07, 6.45) is 0. The monoisotopic (exact) mass is 536 g/mol. The summed E-state index contributed by atoms with van der Waals surface area (Å²) in [4.78, 5) is 38.4. The molecule has 2 heterocycles. The molecule has 4 amide bonds. The number of amides is 4. The topological polar surface area (TPSA) is 99.3 Å². The van der Waals surface area contributed by atoms with Gasteiger partial charge in [0.15, 0.2) is 10.5 Å². The first-order chi connectivity index (χ1) is 13.8. The molecule has 2 aromatic carbocycles. The van der Waals surface area contributed by atoms with Crippen LogP contribution in [0.3, 0.4) is 0 Å². The maximum Gasteiger partial charge on any atom is 0.328 e. The van der Waals surface area contributed by atoms with Crippen LogP contribution in [0.2, 0.25) is 0 Å². The molecule has 2 saturated heterocycles. The molecule has 0 aliphatic carbocycles. The average molecular weight is 538 g/mol. The number of halogens is 2. The number of imide groups is 2. The number of carbonyl (C=O) groups is 3. The Bertz CT molecular complexity index is 982. The molecule has 148 valence electrons. The zero-order valence-corrected chi connectivity index (χ0v) is 18.7. The van der Waals surface area contributed by atoms with Gasteiger partial charge in [-0.05, 0) is 47.6 Å². The quantitative estimate of drug-likeness (QED) is 0.347. The van der Waals surface area contributed by atoms with Gasteiger partial charge in [0.2, 0.25) is 11.8 Å². The molecule has 0 aromatic heterocycles. The van der Waals surface area contributed by atoms with Crippen molar-refractivity contribution >= 4 is 67.0 Å². The molecule has 2 fully saturated rings. The largest absolute Gasteiger partial charge is 0.354 e. The number of urea groups is 1. The Balaban J connectivity index is 1.96. The highest BCUT2D eigenvalue weighted by Crippen LogP contribution is 2.48. The highest BCUT2D eigenvalue weighted by Gasteiger charge is 2.63. The first kappa shape index (κ1) is 20.0. The second-order valence-electron chi connectivity index (χ2n) is 6.70. The van der Waals surface area contributed by atoms with Crippen LogP contribution in [-0.4, -0.2) is 23.0 Å². The van der Waals surface area contributed by atoms with Gasteiger partial charge in [0.05, 0.1) is 12.1 Å². The molecule has 7 nitrogen and oxygen atoms in total. The van der Waals surface area contributed by atoms with Gasteiger partial charge in [-0.3, -0.25) is 20.2 Å². The van der Waals surface area contributed by atoms with Gasteiger partial charge in [0.25, 0.3) is 0 Å². The highest BCUT2D eigenvalue weighted by atomic mass is 79.9. The van der Waals surface area contributed by atoms with E-state index in [0.29, 0.717) is 16.2 Å². The van der Waals surface area contributed by atoms with E-state index in [9.17, 15) is 14.4 Å². The van der Waals surface area contributed by atoms with Gasteiger partial charge in [-0.25, -0.2) is 4.79 Å². The molecule has 0 unspecified atom stereocenters. The third kappa shape index (κ3) is 3.34. The summed E-state index contributed by atoms with van der Waals surface area (Å²) >= 11 is 12.3. The Hall–Kier alpha value is -2.30. The van der Waals surface area contributed by atoms with Crippen LogP contribution in [-0.2, 0) is 9.59 Å². The lowest BCUT2D eigenvalue weighted by molar-refractivity contribution is -0.149. The summed E-state index contributed by atoms with van der Waals surface area (Å²) in [7, 11) is 0. The van der Waals surface area contributed by atoms with Gasteiger partial charge in [-0.2, -0.15) is 0 Å². The van der Waals surface area contributed by atoms with Gasteiger partial charge in [0, 0.05) is 8.95 Å². The number of hydrogen-bond donors (Lipinski definition) is 4. The minimum absolute atomic E-state index is 0.295. The van der Waals surface area contributed by atoms with Crippen molar-refractivity contribution < 1.29 is 14.4 Å². The predicted octanol–water partition coefficient (Wildman–Crippen LogP) is 2.82. The van der Waals surface area contributed by atoms with Crippen LogP contribution in [0.4, 0.5) is 4.79 Å². The van der Waals surface area contributed by atoms with Crippen molar-refractivity contribution in [1.29, 1.82) is 0 Å². The first-order valence-corrected chi connectivity index (χ1v) is 10.6. The number of rotatable bonds is 2. The molecule has 0 radical (unpaired) electrons. The summed E-state index contributed by atoms with van der Waals surface area (Å²) in [5.74, 6) is -1.41. The van der Waals surface area contributed by atoms with E-state index in [1.165, 1.54) is 0 Å². The standard InChI is InChI=1S/C19H14Br2N4O3S/c20-11-5-1-3-9(7-11)13-19(15(26)24-17(28)25-16(19)27)14(23-18(29)22-13)10-4-2-6-12(21)8-10/h1-8,13-14H,(H2,22,23,29)(H2,24,25,26,27,28)/t13-,14-/m0/s1. The Morgan fingerprint density at radius 3 is 1.66 bits per heavy atom. The molecule has 0 saturated carbocycles. The van der Waals surface area contributed by atoms with Crippen molar-refractivity contribution in [2.75, 3.05) is 0 Å². The number of nitrogens with one attached hydrogen (secondary N) is 4. The fraction of sp³-hybridized carbons (Fsp3) is 0.158. The second-order valence-corrected chi connectivity index (χ2v) is 8.94. The maximum atomic E-state index is 13.3. The molecular weight excluding hydrogens is 524 g/mol. The van der Waals surface area contributed by atoms with Crippen LogP contribution in [0.5, 0.6) is 0 Å². The van der Waals surface area contributed by atoms with Gasteiger partial charge < -0.3 is 10.6 Å². The van der Waals surface area contributed by atoms with Crippen LogP contribution >= 0.6 is 44.1 Å². The maximum absolute atomic E-state index is 13.3.